The molecule has 2 saturated carbocycles. The van der Waals surface area contributed by atoms with Crippen LogP contribution in [0.3, 0.4) is 0 Å². The van der Waals surface area contributed by atoms with Crippen molar-refractivity contribution >= 4 is 0 Å². The molecule has 3 nitrogen and oxygen atoms in total. The number of benzene rings is 1. The summed E-state index contributed by atoms with van der Waals surface area (Å²) in [7, 11) is 1.53. The second-order valence-electron chi connectivity index (χ2n) is 5.31. The van der Waals surface area contributed by atoms with Crippen LogP contribution in [0.25, 0.3) is 0 Å². The summed E-state index contributed by atoms with van der Waals surface area (Å²) < 4.78 is 24.8. The van der Waals surface area contributed by atoms with Crippen LogP contribution in [0.5, 0.6) is 11.5 Å². The van der Waals surface area contributed by atoms with Crippen LogP contribution in [-0.2, 0) is 5.54 Å². The van der Waals surface area contributed by atoms with Crippen molar-refractivity contribution in [1.82, 2.24) is 0 Å². The molecule has 0 aliphatic heterocycles. The minimum Gasteiger partial charge on any atom is -0.493 e. The molecule has 0 saturated heterocycles. The molecule has 0 aromatic heterocycles. The van der Waals surface area contributed by atoms with Gasteiger partial charge in [-0.05, 0) is 38.2 Å². The van der Waals surface area contributed by atoms with Gasteiger partial charge >= 0.3 is 0 Å². The van der Waals surface area contributed by atoms with E-state index in [1.165, 1.54) is 19.2 Å². The van der Waals surface area contributed by atoms with Crippen LogP contribution in [0.4, 0.5) is 4.39 Å². The third kappa shape index (κ3) is 1.94. The van der Waals surface area contributed by atoms with Crippen LogP contribution in [0.15, 0.2) is 12.1 Å². The lowest BCUT2D eigenvalue weighted by Crippen LogP contribution is -2.43. The van der Waals surface area contributed by atoms with Crippen molar-refractivity contribution in [2.24, 2.45) is 5.73 Å². The quantitative estimate of drug-likeness (QED) is 0.894. The molecule has 2 N–H and O–H groups in total. The molecule has 0 spiro atoms. The molecule has 0 bridgehead atoms. The summed E-state index contributed by atoms with van der Waals surface area (Å²) in [5, 5.41) is 0. The van der Waals surface area contributed by atoms with E-state index < -0.39 is 5.54 Å². The molecule has 1 aromatic carbocycles. The molecule has 0 atom stereocenters. The third-order valence-electron chi connectivity index (χ3n) is 3.83. The zero-order valence-corrected chi connectivity index (χ0v) is 10.5. The first kappa shape index (κ1) is 11.8. The SMILES string of the molecule is COc1cc(F)cc(C2(N)CCC2)c1OC1CC1. The Kier molecular flexibility index (Phi) is 2.70. The van der Waals surface area contributed by atoms with Crippen molar-refractivity contribution in [3.05, 3.63) is 23.5 Å². The Bertz CT molecular complexity index is 467. The smallest absolute Gasteiger partial charge is 0.166 e. The van der Waals surface area contributed by atoms with Gasteiger partial charge in [0.05, 0.1) is 13.2 Å². The maximum atomic E-state index is 13.6. The minimum absolute atomic E-state index is 0.242. The zero-order valence-electron chi connectivity index (χ0n) is 10.5. The van der Waals surface area contributed by atoms with Crippen LogP contribution in [0.2, 0.25) is 0 Å². The Morgan fingerprint density at radius 3 is 2.56 bits per heavy atom. The first-order valence-corrected chi connectivity index (χ1v) is 6.46. The van der Waals surface area contributed by atoms with Crippen LogP contribution >= 0.6 is 0 Å². The topological polar surface area (TPSA) is 44.5 Å². The average molecular weight is 251 g/mol. The Morgan fingerprint density at radius 1 is 1.33 bits per heavy atom. The maximum absolute atomic E-state index is 13.6. The second-order valence-corrected chi connectivity index (χ2v) is 5.31. The fourth-order valence-electron chi connectivity index (χ4n) is 2.39. The monoisotopic (exact) mass is 251 g/mol. The van der Waals surface area contributed by atoms with Gasteiger partial charge in [-0.15, -0.1) is 0 Å². The third-order valence-corrected chi connectivity index (χ3v) is 3.83. The van der Waals surface area contributed by atoms with E-state index in [0.29, 0.717) is 11.5 Å². The maximum Gasteiger partial charge on any atom is 0.166 e. The van der Waals surface area contributed by atoms with E-state index in [-0.39, 0.29) is 11.9 Å². The highest BCUT2D eigenvalue weighted by atomic mass is 19.1. The highest BCUT2D eigenvalue weighted by molar-refractivity contribution is 5.51. The van der Waals surface area contributed by atoms with Crippen molar-refractivity contribution in [2.75, 3.05) is 7.11 Å². The molecule has 3 rings (SSSR count). The fourth-order valence-corrected chi connectivity index (χ4v) is 2.39. The number of nitrogens with two attached hydrogens (primary N) is 1. The Morgan fingerprint density at radius 2 is 2.06 bits per heavy atom. The standard InChI is InChI=1S/C14H18FNO2/c1-17-12-8-9(15)7-11(14(16)5-2-6-14)13(12)18-10-3-4-10/h7-8,10H,2-6,16H2,1H3. The van der Waals surface area contributed by atoms with Gasteiger partial charge in [0.2, 0.25) is 0 Å². The highest BCUT2D eigenvalue weighted by Gasteiger charge is 2.39. The van der Waals surface area contributed by atoms with Gasteiger partial charge < -0.3 is 15.2 Å². The molecule has 0 heterocycles. The van der Waals surface area contributed by atoms with Crippen LogP contribution < -0.4 is 15.2 Å². The van der Waals surface area contributed by atoms with Gasteiger partial charge in [0, 0.05) is 17.2 Å². The molecule has 2 fully saturated rings. The lowest BCUT2D eigenvalue weighted by atomic mass is 9.72. The summed E-state index contributed by atoms with van der Waals surface area (Å²) >= 11 is 0. The van der Waals surface area contributed by atoms with Crippen molar-refractivity contribution in [3.8, 4) is 11.5 Å². The number of hydrogen-bond donors (Lipinski definition) is 1. The lowest BCUT2D eigenvalue weighted by molar-refractivity contribution is 0.224. The molecule has 4 heteroatoms. The highest BCUT2D eigenvalue weighted by Crippen LogP contribution is 2.47. The zero-order chi connectivity index (χ0) is 12.8. The summed E-state index contributed by atoms with van der Waals surface area (Å²) in [5.41, 5.74) is 6.63. The number of ether oxygens (including phenoxy) is 2. The predicted molar refractivity (Wildman–Crippen MR) is 66.3 cm³/mol. The van der Waals surface area contributed by atoms with E-state index in [1.54, 1.807) is 0 Å². The largest absolute Gasteiger partial charge is 0.493 e. The molecule has 0 radical (unpaired) electrons. The molecular formula is C14H18FNO2. The summed E-state index contributed by atoms with van der Waals surface area (Å²) in [5.74, 6) is 0.777. The Balaban J connectivity index is 2.05. The minimum atomic E-state index is -0.445. The number of hydrogen-bond acceptors (Lipinski definition) is 3. The molecule has 18 heavy (non-hydrogen) atoms. The number of rotatable bonds is 4. The van der Waals surface area contributed by atoms with Gasteiger partial charge in [-0.1, -0.05) is 0 Å². The molecule has 98 valence electrons. The van der Waals surface area contributed by atoms with Crippen LogP contribution in [-0.4, -0.2) is 13.2 Å². The molecule has 0 amide bonds. The van der Waals surface area contributed by atoms with E-state index >= 15 is 0 Å². The van der Waals surface area contributed by atoms with E-state index in [9.17, 15) is 4.39 Å². The summed E-state index contributed by atoms with van der Waals surface area (Å²) in [6.45, 7) is 0. The van der Waals surface area contributed by atoms with Crippen LogP contribution in [0, 0.1) is 5.82 Å². The van der Waals surface area contributed by atoms with Gasteiger partial charge in [0.15, 0.2) is 11.5 Å². The van der Waals surface area contributed by atoms with E-state index in [1.807, 2.05) is 0 Å². The van der Waals surface area contributed by atoms with E-state index in [2.05, 4.69) is 0 Å². The molecule has 0 unspecified atom stereocenters. The van der Waals surface area contributed by atoms with Gasteiger partial charge in [-0.3, -0.25) is 0 Å². The number of methoxy groups -OCH3 is 1. The van der Waals surface area contributed by atoms with Crippen molar-refractivity contribution in [3.63, 3.8) is 0 Å². The first-order chi connectivity index (χ1) is 8.62. The predicted octanol–water partition coefficient (Wildman–Crippen LogP) is 2.71. The molecule has 2 aliphatic carbocycles. The number of halogens is 1. The van der Waals surface area contributed by atoms with Gasteiger partial charge in [-0.25, -0.2) is 4.39 Å². The van der Waals surface area contributed by atoms with Gasteiger partial charge in [-0.2, -0.15) is 0 Å². The van der Waals surface area contributed by atoms with Crippen molar-refractivity contribution < 1.29 is 13.9 Å². The molecule has 2 aliphatic rings. The molecular weight excluding hydrogens is 233 g/mol. The first-order valence-electron chi connectivity index (χ1n) is 6.46. The second kappa shape index (κ2) is 4.12. The summed E-state index contributed by atoms with van der Waals surface area (Å²) in [4.78, 5) is 0. The van der Waals surface area contributed by atoms with Gasteiger partial charge in [0.1, 0.15) is 5.82 Å². The Hall–Kier alpha value is -1.29. The summed E-state index contributed by atoms with van der Waals surface area (Å²) in [6.07, 6.45) is 5.18. The summed E-state index contributed by atoms with van der Waals surface area (Å²) in [6, 6.07) is 2.86. The normalized spacial score (nSPS) is 21.3. The average Bonchev–Trinajstić information content (AvgIpc) is 3.11. The van der Waals surface area contributed by atoms with E-state index in [0.717, 1.165) is 37.7 Å². The van der Waals surface area contributed by atoms with E-state index in [4.69, 9.17) is 15.2 Å². The van der Waals surface area contributed by atoms with Crippen molar-refractivity contribution in [1.29, 1.82) is 0 Å². The fraction of sp³-hybridized carbons (Fsp3) is 0.571. The van der Waals surface area contributed by atoms with Crippen molar-refractivity contribution in [2.45, 2.75) is 43.7 Å². The lowest BCUT2D eigenvalue weighted by Gasteiger charge is -2.39. The van der Waals surface area contributed by atoms with Crippen LogP contribution in [0.1, 0.15) is 37.7 Å². The van der Waals surface area contributed by atoms with Gasteiger partial charge in [0.25, 0.3) is 0 Å². The molecule has 1 aromatic rings. The Labute approximate surface area is 106 Å².